The molecule has 0 saturated carbocycles. The number of hydrogen-bond donors (Lipinski definition) is 1. The summed E-state index contributed by atoms with van der Waals surface area (Å²) < 4.78 is 26.5. The molecular formula is C11H12F2N2O. The van der Waals surface area contributed by atoms with Crippen LogP contribution in [-0.2, 0) is 4.79 Å². The number of hydrogen-bond acceptors (Lipinski definition) is 2. The molecule has 2 rings (SSSR count). The lowest BCUT2D eigenvalue weighted by Crippen LogP contribution is -2.44. The van der Waals surface area contributed by atoms with Crippen LogP contribution in [0.25, 0.3) is 0 Å². The highest BCUT2D eigenvalue weighted by Gasteiger charge is 2.30. The first-order chi connectivity index (χ1) is 7.61. The first-order valence-corrected chi connectivity index (χ1v) is 5.11. The van der Waals surface area contributed by atoms with Crippen molar-refractivity contribution >= 4 is 5.91 Å². The van der Waals surface area contributed by atoms with Crippen LogP contribution in [0.5, 0.6) is 0 Å². The summed E-state index contributed by atoms with van der Waals surface area (Å²) in [4.78, 5) is 11.7. The first kappa shape index (κ1) is 11.0. The Hall–Kier alpha value is -1.49. The van der Waals surface area contributed by atoms with Crippen LogP contribution in [0.15, 0.2) is 18.2 Å². The largest absolute Gasteiger partial charge is 0.280 e. The van der Waals surface area contributed by atoms with Gasteiger partial charge in [0.25, 0.3) is 0 Å². The van der Waals surface area contributed by atoms with Crippen molar-refractivity contribution in [3.05, 3.63) is 35.4 Å². The third kappa shape index (κ3) is 1.78. The van der Waals surface area contributed by atoms with E-state index in [1.165, 1.54) is 12.1 Å². The van der Waals surface area contributed by atoms with Crippen LogP contribution in [0.1, 0.15) is 24.3 Å². The zero-order chi connectivity index (χ0) is 11.7. The standard InChI is InChI=1S/C11H12F2N2O/c12-9-5-1-3-7(10(9)13)8-4-2-6-15(14)11(8)16/h1,3,5,8H,2,4,6,14H2. The van der Waals surface area contributed by atoms with Crippen LogP contribution in [0, 0.1) is 11.6 Å². The number of carbonyl (C=O) groups excluding carboxylic acids is 1. The fourth-order valence-electron chi connectivity index (χ4n) is 1.98. The topological polar surface area (TPSA) is 46.3 Å². The van der Waals surface area contributed by atoms with Gasteiger partial charge in [-0.15, -0.1) is 0 Å². The van der Waals surface area contributed by atoms with Gasteiger partial charge in [-0.1, -0.05) is 12.1 Å². The number of nitrogens with zero attached hydrogens (tertiary/aromatic N) is 1. The predicted octanol–water partition coefficient (Wildman–Crippen LogP) is 1.54. The smallest absolute Gasteiger partial charge is 0.244 e. The van der Waals surface area contributed by atoms with Crippen LogP contribution in [-0.4, -0.2) is 17.5 Å². The molecule has 5 heteroatoms. The zero-order valence-electron chi connectivity index (χ0n) is 8.62. The lowest BCUT2D eigenvalue weighted by atomic mass is 9.90. The van der Waals surface area contributed by atoms with Gasteiger partial charge in [0, 0.05) is 12.1 Å². The number of benzene rings is 1. The maximum absolute atomic E-state index is 13.5. The molecule has 1 aromatic carbocycles. The van der Waals surface area contributed by atoms with Gasteiger partial charge in [0.2, 0.25) is 5.91 Å². The van der Waals surface area contributed by atoms with Crippen molar-refractivity contribution in [2.75, 3.05) is 6.54 Å². The van der Waals surface area contributed by atoms with Gasteiger partial charge >= 0.3 is 0 Å². The van der Waals surface area contributed by atoms with E-state index in [0.717, 1.165) is 11.1 Å². The summed E-state index contributed by atoms with van der Waals surface area (Å²) in [6.07, 6.45) is 1.20. The highest BCUT2D eigenvalue weighted by atomic mass is 19.2. The third-order valence-corrected chi connectivity index (χ3v) is 2.83. The number of halogens is 2. The molecule has 0 spiro atoms. The van der Waals surface area contributed by atoms with E-state index in [9.17, 15) is 13.6 Å². The molecule has 1 aliphatic heterocycles. The minimum absolute atomic E-state index is 0.0974. The maximum atomic E-state index is 13.5. The van der Waals surface area contributed by atoms with Crippen molar-refractivity contribution in [1.29, 1.82) is 0 Å². The summed E-state index contributed by atoms with van der Waals surface area (Å²) >= 11 is 0. The molecule has 0 aromatic heterocycles. The molecular weight excluding hydrogens is 214 g/mol. The molecule has 2 N–H and O–H groups in total. The van der Waals surface area contributed by atoms with E-state index in [2.05, 4.69) is 0 Å². The molecule has 1 unspecified atom stereocenters. The molecule has 1 fully saturated rings. The second kappa shape index (κ2) is 4.17. The Kier molecular flexibility index (Phi) is 2.87. The van der Waals surface area contributed by atoms with Crippen LogP contribution in [0.3, 0.4) is 0 Å². The molecule has 3 nitrogen and oxygen atoms in total. The summed E-state index contributed by atoms with van der Waals surface area (Å²) in [6, 6.07) is 3.86. The van der Waals surface area contributed by atoms with E-state index in [0.29, 0.717) is 19.4 Å². The molecule has 1 aromatic rings. The minimum atomic E-state index is -0.948. The summed E-state index contributed by atoms with van der Waals surface area (Å²) in [7, 11) is 0. The fraction of sp³-hybridized carbons (Fsp3) is 0.364. The average Bonchev–Trinajstić information content (AvgIpc) is 2.27. The van der Waals surface area contributed by atoms with E-state index >= 15 is 0 Å². The number of nitrogens with two attached hydrogens (primary N) is 1. The van der Waals surface area contributed by atoms with Crippen LogP contribution in [0.2, 0.25) is 0 Å². The van der Waals surface area contributed by atoms with E-state index in [4.69, 9.17) is 5.84 Å². The monoisotopic (exact) mass is 226 g/mol. The normalized spacial score (nSPS) is 21.3. The number of hydrazine groups is 1. The van der Waals surface area contributed by atoms with Crippen LogP contribution in [0.4, 0.5) is 8.78 Å². The summed E-state index contributed by atoms with van der Waals surface area (Å²) in [5.74, 6) is 2.57. The third-order valence-electron chi connectivity index (χ3n) is 2.83. The van der Waals surface area contributed by atoms with Gasteiger partial charge in [0.05, 0.1) is 5.92 Å². The van der Waals surface area contributed by atoms with Gasteiger partial charge < -0.3 is 0 Å². The molecule has 0 bridgehead atoms. The number of amides is 1. The van der Waals surface area contributed by atoms with Gasteiger partial charge in [-0.3, -0.25) is 9.80 Å². The lowest BCUT2D eigenvalue weighted by Gasteiger charge is -2.28. The van der Waals surface area contributed by atoms with E-state index < -0.39 is 17.6 Å². The average molecular weight is 226 g/mol. The van der Waals surface area contributed by atoms with Gasteiger partial charge in [0.15, 0.2) is 11.6 Å². The van der Waals surface area contributed by atoms with Crippen molar-refractivity contribution in [1.82, 2.24) is 5.01 Å². The minimum Gasteiger partial charge on any atom is -0.280 e. The Morgan fingerprint density at radius 1 is 1.38 bits per heavy atom. The van der Waals surface area contributed by atoms with Gasteiger partial charge in [-0.25, -0.2) is 14.6 Å². The Labute approximate surface area is 91.8 Å². The molecule has 0 aliphatic carbocycles. The zero-order valence-corrected chi connectivity index (χ0v) is 8.62. The van der Waals surface area contributed by atoms with E-state index in [1.54, 1.807) is 0 Å². The fourth-order valence-corrected chi connectivity index (χ4v) is 1.98. The Bertz CT molecular complexity index is 422. The summed E-state index contributed by atoms with van der Waals surface area (Å²) in [6.45, 7) is 0.465. The molecule has 1 heterocycles. The Morgan fingerprint density at radius 2 is 2.12 bits per heavy atom. The number of rotatable bonds is 1. The van der Waals surface area contributed by atoms with Gasteiger partial charge in [-0.05, 0) is 18.9 Å². The molecule has 1 saturated heterocycles. The molecule has 16 heavy (non-hydrogen) atoms. The van der Waals surface area contributed by atoms with Gasteiger partial charge in [0.1, 0.15) is 0 Å². The quantitative estimate of drug-likeness (QED) is 0.583. The summed E-state index contributed by atoms with van der Waals surface area (Å²) in [5.41, 5.74) is 0.0974. The Balaban J connectivity index is 2.36. The second-order valence-corrected chi connectivity index (χ2v) is 3.87. The van der Waals surface area contributed by atoms with Crippen molar-refractivity contribution in [2.24, 2.45) is 5.84 Å². The number of piperidine rings is 1. The van der Waals surface area contributed by atoms with Crippen molar-refractivity contribution in [3.8, 4) is 0 Å². The number of carbonyl (C=O) groups is 1. The molecule has 86 valence electrons. The summed E-state index contributed by atoms with van der Waals surface area (Å²) in [5, 5.41) is 1.07. The molecule has 1 atom stereocenters. The van der Waals surface area contributed by atoms with Crippen LogP contribution >= 0.6 is 0 Å². The Morgan fingerprint density at radius 3 is 2.88 bits per heavy atom. The molecule has 1 amide bonds. The van der Waals surface area contributed by atoms with Crippen molar-refractivity contribution in [2.45, 2.75) is 18.8 Å². The van der Waals surface area contributed by atoms with Crippen molar-refractivity contribution in [3.63, 3.8) is 0 Å². The maximum Gasteiger partial charge on any atom is 0.244 e. The van der Waals surface area contributed by atoms with Gasteiger partial charge in [-0.2, -0.15) is 0 Å². The highest BCUT2D eigenvalue weighted by Crippen LogP contribution is 2.29. The van der Waals surface area contributed by atoms with E-state index in [1.807, 2.05) is 0 Å². The first-order valence-electron chi connectivity index (χ1n) is 5.11. The molecule has 1 aliphatic rings. The van der Waals surface area contributed by atoms with Crippen LogP contribution < -0.4 is 5.84 Å². The predicted molar refractivity (Wildman–Crippen MR) is 54.2 cm³/mol. The highest BCUT2D eigenvalue weighted by molar-refractivity contribution is 5.84. The molecule has 0 radical (unpaired) electrons. The SMILES string of the molecule is NN1CCCC(c2cccc(F)c2F)C1=O. The van der Waals surface area contributed by atoms with Crippen molar-refractivity contribution < 1.29 is 13.6 Å². The lowest BCUT2D eigenvalue weighted by molar-refractivity contribution is -0.135. The van der Waals surface area contributed by atoms with E-state index in [-0.39, 0.29) is 11.5 Å². The second-order valence-electron chi connectivity index (χ2n) is 3.87.